The molecule has 0 unspecified atom stereocenters. The monoisotopic (exact) mass is 276 g/mol. The number of nitrogen functional groups attached to an aromatic ring is 1. The number of benzene rings is 1. The first-order valence-corrected chi connectivity index (χ1v) is 6.45. The molecule has 0 atom stereocenters. The Hall–Kier alpha value is -2.37. The van der Waals surface area contributed by atoms with Crippen molar-refractivity contribution >= 4 is 11.6 Å². The number of halogens is 1. The van der Waals surface area contributed by atoms with Crippen molar-refractivity contribution in [3.05, 3.63) is 41.0 Å². The van der Waals surface area contributed by atoms with Crippen LogP contribution in [-0.2, 0) is 12.8 Å². The van der Waals surface area contributed by atoms with E-state index in [-0.39, 0.29) is 11.3 Å². The molecule has 0 bridgehead atoms. The zero-order valence-electron chi connectivity index (χ0n) is 11.5. The van der Waals surface area contributed by atoms with Crippen LogP contribution >= 0.6 is 0 Å². The van der Waals surface area contributed by atoms with Crippen molar-refractivity contribution in [1.82, 2.24) is 9.78 Å². The second-order valence-corrected chi connectivity index (χ2v) is 4.46. The lowest BCUT2D eigenvalue weighted by atomic mass is 10.1. The quantitative estimate of drug-likeness (QED) is 0.892. The number of hydrogen-bond donors (Lipinski definition) is 2. The maximum atomic E-state index is 14.1. The third-order valence-electron chi connectivity index (χ3n) is 3.23. The number of nitrogens with two attached hydrogens (primary N) is 2. The first kappa shape index (κ1) is 14.0. The average Bonchev–Trinajstić information content (AvgIpc) is 2.74. The van der Waals surface area contributed by atoms with E-state index < -0.39 is 11.7 Å². The van der Waals surface area contributed by atoms with Gasteiger partial charge in [0.2, 0.25) is 5.91 Å². The van der Waals surface area contributed by atoms with E-state index in [4.69, 9.17) is 11.5 Å². The summed E-state index contributed by atoms with van der Waals surface area (Å²) in [4.78, 5) is 11.0. The normalized spacial score (nSPS) is 10.8. The van der Waals surface area contributed by atoms with Gasteiger partial charge >= 0.3 is 0 Å². The molecule has 20 heavy (non-hydrogen) atoms. The molecule has 2 rings (SSSR count). The Morgan fingerprint density at radius 3 is 2.55 bits per heavy atom. The van der Waals surface area contributed by atoms with Gasteiger partial charge in [-0.15, -0.1) is 0 Å². The number of rotatable bonds is 4. The Morgan fingerprint density at radius 1 is 1.35 bits per heavy atom. The molecule has 0 aliphatic rings. The van der Waals surface area contributed by atoms with E-state index in [0.29, 0.717) is 18.5 Å². The van der Waals surface area contributed by atoms with Gasteiger partial charge in [0.15, 0.2) is 0 Å². The molecular formula is C14H17FN4O. The fraction of sp³-hybridized carbons (Fsp3) is 0.286. The predicted molar refractivity (Wildman–Crippen MR) is 75.2 cm³/mol. The highest BCUT2D eigenvalue weighted by molar-refractivity contribution is 5.92. The first-order valence-electron chi connectivity index (χ1n) is 6.45. The average molecular weight is 276 g/mol. The molecule has 0 spiro atoms. The molecule has 6 heteroatoms. The summed E-state index contributed by atoms with van der Waals surface area (Å²) in [5.41, 5.74) is 13.6. The van der Waals surface area contributed by atoms with Gasteiger partial charge in [0.1, 0.15) is 11.5 Å². The summed E-state index contributed by atoms with van der Waals surface area (Å²) in [7, 11) is 0. The minimum absolute atomic E-state index is 0.125. The largest absolute Gasteiger partial charge is 0.396 e. The summed E-state index contributed by atoms with van der Waals surface area (Å²) in [6, 6.07) is 4.07. The van der Waals surface area contributed by atoms with E-state index in [1.54, 1.807) is 0 Å². The topological polar surface area (TPSA) is 86.9 Å². The van der Waals surface area contributed by atoms with Crippen LogP contribution in [-0.4, -0.2) is 15.7 Å². The van der Waals surface area contributed by atoms with Crippen molar-refractivity contribution in [2.45, 2.75) is 26.7 Å². The number of carbonyl (C=O) groups is 1. The minimum Gasteiger partial charge on any atom is -0.396 e. The van der Waals surface area contributed by atoms with Crippen molar-refractivity contribution < 1.29 is 9.18 Å². The van der Waals surface area contributed by atoms with Crippen molar-refractivity contribution in [3.63, 3.8) is 0 Å². The van der Waals surface area contributed by atoms with Crippen LogP contribution in [0.2, 0.25) is 0 Å². The van der Waals surface area contributed by atoms with E-state index in [0.717, 1.165) is 17.5 Å². The fourth-order valence-electron chi connectivity index (χ4n) is 2.15. The molecule has 0 aliphatic heterocycles. The van der Waals surface area contributed by atoms with Crippen LogP contribution in [0.5, 0.6) is 0 Å². The van der Waals surface area contributed by atoms with Gasteiger partial charge in [0.25, 0.3) is 0 Å². The minimum atomic E-state index is -0.666. The fourth-order valence-corrected chi connectivity index (χ4v) is 2.15. The third kappa shape index (κ3) is 2.24. The van der Waals surface area contributed by atoms with Crippen LogP contribution in [0.1, 0.15) is 35.6 Å². The van der Waals surface area contributed by atoms with Crippen molar-refractivity contribution in [3.8, 4) is 5.69 Å². The summed E-state index contributed by atoms with van der Waals surface area (Å²) in [6.07, 6.45) is 1.31. The second-order valence-electron chi connectivity index (χ2n) is 4.46. The number of carbonyl (C=O) groups excluding carboxylic acids is 1. The van der Waals surface area contributed by atoms with Crippen molar-refractivity contribution in [2.75, 3.05) is 5.73 Å². The third-order valence-corrected chi connectivity index (χ3v) is 3.23. The maximum Gasteiger partial charge on any atom is 0.248 e. The highest BCUT2D eigenvalue weighted by atomic mass is 19.1. The van der Waals surface area contributed by atoms with Crippen LogP contribution in [0.25, 0.3) is 5.69 Å². The van der Waals surface area contributed by atoms with Crippen LogP contribution in [0.4, 0.5) is 10.1 Å². The van der Waals surface area contributed by atoms with Gasteiger partial charge in [0.05, 0.1) is 17.1 Å². The standard InChI is InChI=1S/C14H17FN4O/c1-3-10-13(16)11(4-2)19(18-10)12-6-5-8(14(17)20)7-9(12)15/h5-7H,3-4,16H2,1-2H3,(H2,17,20). The van der Waals surface area contributed by atoms with Gasteiger partial charge in [-0.2, -0.15) is 5.10 Å². The second kappa shape index (κ2) is 5.32. The maximum absolute atomic E-state index is 14.1. The lowest BCUT2D eigenvalue weighted by Crippen LogP contribution is -2.12. The van der Waals surface area contributed by atoms with E-state index in [9.17, 15) is 9.18 Å². The Morgan fingerprint density at radius 2 is 2.05 bits per heavy atom. The Labute approximate surface area is 116 Å². The Balaban J connectivity index is 2.59. The Kier molecular flexibility index (Phi) is 3.74. The Bertz CT molecular complexity index is 663. The van der Waals surface area contributed by atoms with Crippen LogP contribution in [0, 0.1) is 5.82 Å². The zero-order chi connectivity index (χ0) is 14.9. The van der Waals surface area contributed by atoms with Crippen molar-refractivity contribution in [1.29, 1.82) is 0 Å². The molecule has 0 saturated carbocycles. The summed E-state index contributed by atoms with van der Waals surface area (Å²) < 4.78 is 15.6. The summed E-state index contributed by atoms with van der Waals surface area (Å²) in [5, 5.41) is 4.34. The molecule has 1 heterocycles. The first-order chi connectivity index (χ1) is 9.49. The molecule has 5 nitrogen and oxygen atoms in total. The summed E-state index contributed by atoms with van der Waals surface area (Å²) >= 11 is 0. The number of amides is 1. The number of aryl methyl sites for hydroxylation is 1. The molecule has 1 aromatic heterocycles. The summed E-state index contributed by atoms with van der Waals surface area (Å²) in [6.45, 7) is 3.87. The van der Waals surface area contributed by atoms with Crippen molar-refractivity contribution in [2.24, 2.45) is 5.73 Å². The van der Waals surface area contributed by atoms with E-state index in [1.165, 1.54) is 16.8 Å². The van der Waals surface area contributed by atoms with Crippen LogP contribution in [0.3, 0.4) is 0 Å². The molecule has 0 radical (unpaired) electrons. The van der Waals surface area contributed by atoms with Gasteiger partial charge in [-0.1, -0.05) is 13.8 Å². The smallest absolute Gasteiger partial charge is 0.248 e. The van der Waals surface area contributed by atoms with E-state index in [1.807, 2.05) is 13.8 Å². The molecule has 1 amide bonds. The number of anilines is 1. The lowest BCUT2D eigenvalue weighted by Gasteiger charge is -2.08. The number of aromatic nitrogens is 2. The highest BCUT2D eigenvalue weighted by Crippen LogP contribution is 2.24. The summed E-state index contributed by atoms with van der Waals surface area (Å²) in [5.74, 6) is -1.22. The molecule has 1 aromatic carbocycles. The van der Waals surface area contributed by atoms with Gasteiger partial charge in [-0.3, -0.25) is 4.79 Å². The van der Waals surface area contributed by atoms with Crippen LogP contribution < -0.4 is 11.5 Å². The van der Waals surface area contributed by atoms with Gasteiger partial charge in [-0.25, -0.2) is 9.07 Å². The van der Waals surface area contributed by atoms with Gasteiger partial charge in [0, 0.05) is 5.56 Å². The molecule has 0 saturated heterocycles. The number of nitrogens with zero attached hydrogens (tertiary/aromatic N) is 2. The molecular weight excluding hydrogens is 259 g/mol. The SMILES string of the molecule is CCc1nn(-c2ccc(C(N)=O)cc2F)c(CC)c1N. The highest BCUT2D eigenvalue weighted by Gasteiger charge is 2.17. The molecule has 0 aliphatic carbocycles. The molecule has 4 N–H and O–H groups in total. The van der Waals surface area contributed by atoms with Crippen LogP contribution in [0.15, 0.2) is 18.2 Å². The predicted octanol–water partition coefficient (Wildman–Crippen LogP) is 1.82. The van der Waals surface area contributed by atoms with Gasteiger partial charge in [-0.05, 0) is 31.0 Å². The number of hydrogen-bond acceptors (Lipinski definition) is 3. The van der Waals surface area contributed by atoms with E-state index in [2.05, 4.69) is 5.10 Å². The molecule has 0 fully saturated rings. The zero-order valence-corrected chi connectivity index (χ0v) is 11.5. The number of primary amides is 1. The van der Waals surface area contributed by atoms with Gasteiger partial charge < -0.3 is 11.5 Å². The molecule has 106 valence electrons. The lowest BCUT2D eigenvalue weighted by molar-refractivity contribution is 0.1000. The molecule has 2 aromatic rings. The van der Waals surface area contributed by atoms with E-state index >= 15 is 0 Å².